The molecule has 2 heterocycles. The summed E-state index contributed by atoms with van der Waals surface area (Å²) < 4.78 is 5.40. The minimum atomic E-state index is -1.05. The van der Waals surface area contributed by atoms with Gasteiger partial charge in [-0.15, -0.1) is 0 Å². The fourth-order valence-corrected chi connectivity index (χ4v) is 4.26. The van der Waals surface area contributed by atoms with Gasteiger partial charge in [-0.05, 0) is 41.8 Å². The second-order valence-corrected chi connectivity index (χ2v) is 8.54. The number of thiophene rings is 1. The summed E-state index contributed by atoms with van der Waals surface area (Å²) in [7, 11) is 0. The van der Waals surface area contributed by atoms with Crippen LogP contribution >= 0.6 is 11.3 Å². The van der Waals surface area contributed by atoms with Crippen molar-refractivity contribution in [1.82, 2.24) is 15.5 Å². The monoisotopic (exact) mass is 444 g/mol. The van der Waals surface area contributed by atoms with E-state index in [4.69, 9.17) is 4.74 Å². The summed E-state index contributed by atoms with van der Waals surface area (Å²) in [5, 5.41) is 21.2. The fraction of sp³-hybridized carbons (Fsp3) is 0.478. The van der Waals surface area contributed by atoms with E-state index in [1.165, 1.54) is 0 Å². The Morgan fingerprint density at radius 2 is 2.00 bits per heavy atom. The molecule has 1 aromatic carbocycles. The topological polar surface area (TPSA) is 86.2 Å². The van der Waals surface area contributed by atoms with Gasteiger partial charge in [0.25, 0.3) is 0 Å². The van der Waals surface area contributed by atoms with Gasteiger partial charge in [-0.3, -0.25) is 4.79 Å². The largest absolute Gasteiger partial charge is 0.383 e. The van der Waals surface area contributed by atoms with Crippen molar-refractivity contribution in [3.05, 3.63) is 58.3 Å². The molecule has 2 unspecified atom stereocenters. The number of ether oxygens (including phenoxy) is 1. The van der Waals surface area contributed by atoms with E-state index >= 15 is 0 Å². The number of nitrogens with one attached hydrogen (secondary N) is 2. The summed E-state index contributed by atoms with van der Waals surface area (Å²) in [6.45, 7) is 7.42. The van der Waals surface area contributed by atoms with Crippen LogP contribution in [0.2, 0.25) is 0 Å². The molecule has 3 rings (SSSR count). The van der Waals surface area contributed by atoms with E-state index in [-0.39, 0.29) is 18.4 Å². The molecule has 0 saturated carbocycles. The molecule has 2 aromatic rings. The Labute approximate surface area is 188 Å². The number of carbonyl (C=O) groups excluding carboxylic acids is 1. The molecule has 0 bridgehead atoms. The van der Waals surface area contributed by atoms with Crippen molar-refractivity contribution in [2.24, 2.45) is 4.99 Å². The van der Waals surface area contributed by atoms with Crippen LogP contribution in [0, 0.1) is 0 Å². The van der Waals surface area contributed by atoms with Crippen molar-refractivity contribution in [2.45, 2.75) is 25.4 Å². The molecule has 168 valence electrons. The second kappa shape index (κ2) is 11.3. The third-order valence-electron chi connectivity index (χ3n) is 5.33. The van der Waals surface area contributed by atoms with Crippen LogP contribution in [0.4, 0.5) is 0 Å². The molecule has 3 N–H and O–H groups in total. The number of benzene rings is 1. The number of nitrogens with zero attached hydrogens (tertiary/aromatic N) is 2. The van der Waals surface area contributed by atoms with Crippen LogP contribution in [-0.2, 0) is 15.1 Å². The zero-order chi connectivity index (χ0) is 22.1. The molecule has 1 saturated heterocycles. The van der Waals surface area contributed by atoms with Crippen LogP contribution < -0.4 is 10.6 Å². The fourth-order valence-electron chi connectivity index (χ4n) is 3.47. The van der Waals surface area contributed by atoms with Gasteiger partial charge in [0.15, 0.2) is 5.96 Å². The molecule has 1 fully saturated rings. The lowest BCUT2D eigenvalue weighted by Crippen LogP contribution is -2.47. The van der Waals surface area contributed by atoms with Crippen LogP contribution in [0.3, 0.4) is 0 Å². The molecule has 1 aliphatic heterocycles. The van der Waals surface area contributed by atoms with Crippen LogP contribution in [0.5, 0.6) is 0 Å². The van der Waals surface area contributed by atoms with Gasteiger partial charge in [0.05, 0.1) is 25.7 Å². The first kappa shape index (κ1) is 23.2. The Kier molecular flexibility index (Phi) is 8.45. The number of carbonyl (C=O) groups is 1. The van der Waals surface area contributed by atoms with Crippen molar-refractivity contribution < 1.29 is 14.6 Å². The van der Waals surface area contributed by atoms with Crippen molar-refractivity contribution >= 4 is 23.2 Å². The summed E-state index contributed by atoms with van der Waals surface area (Å²) in [5.74, 6) is 0.331. The number of hydrogen-bond donors (Lipinski definition) is 3. The normalized spacial score (nSPS) is 17.6. The minimum Gasteiger partial charge on any atom is -0.383 e. The average Bonchev–Trinajstić information content (AvgIpc) is 3.35. The zero-order valence-corrected chi connectivity index (χ0v) is 19.0. The summed E-state index contributed by atoms with van der Waals surface area (Å²) in [6.07, 6.45) is 0. The van der Waals surface area contributed by atoms with Crippen molar-refractivity contribution in [3.63, 3.8) is 0 Å². The number of hydrogen-bond acceptors (Lipinski definition) is 5. The van der Waals surface area contributed by atoms with E-state index in [1.54, 1.807) is 18.3 Å². The van der Waals surface area contributed by atoms with Gasteiger partial charge >= 0.3 is 0 Å². The summed E-state index contributed by atoms with van der Waals surface area (Å²) >= 11 is 1.55. The van der Waals surface area contributed by atoms with E-state index in [2.05, 4.69) is 15.6 Å². The SMILES string of the molecule is CCNC(=NCC(C)(O)c1ccsc1)NCC(C(=O)N1CCOCC1)c1ccccc1. The number of aliphatic hydroxyl groups is 1. The van der Waals surface area contributed by atoms with E-state index in [0.29, 0.717) is 45.4 Å². The van der Waals surface area contributed by atoms with Gasteiger partial charge in [0.1, 0.15) is 5.60 Å². The quantitative estimate of drug-likeness (QED) is 0.429. The highest BCUT2D eigenvalue weighted by molar-refractivity contribution is 7.08. The Hall–Kier alpha value is -2.42. The standard InChI is InChI=1S/C23H32N4O3S/c1-3-24-22(26-17-23(2,29)19-9-14-31-16-19)25-15-20(18-7-5-4-6-8-18)21(28)27-10-12-30-13-11-27/h4-9,14,16,20,29H,3,10-13,15,17H2,1-2H3,(H2,24,25,26). The van der Waals surface area contributed by atoms with Gasteiger partial charge in [-0.25, -0.2) is 4.99 Å². The number of morpholine rings is 1. The smallest absolute Gasteiger partial charge is 0.232 e. The number of aliphatic imine (C=N–C) groups is 1. The van der Waals surface area contributed by atoms with E-state index in [1.807, 2.05) is 59.0 Å². The first-order chi connectivity index (χ1) is 15.0. The summed E-state index contributed by atoms with van der Waals surface area (Å²) in [4.78, 5) is 19.7. The third-order valence-corrected chi connectivity index (χ3v) is 6.01. The molecular formula is C23H32N4O3S. The maximum absolute atomic E-state index is 13.3. The molecule has 1 aliphatic rings. The first-order valence-corrected chi connectivity index (χ1v) is 11.6. The van der Waals surface area contributed by atoms with E-state index in [0.717, 1.165) is 11.1 Å². The second-order valence-electron chi connectivity index (χ2n) is 7.76. The number of guanidine groups is 1. The van der Waals surface area contributed by atoms with Crippen molar-refractivity contribution in [3.8, 4) is 0 Å². The predicted octanol–water partition coefficient (Wildman–Crippen LogP) is 2.15. The van der Waals surface area contributed by atoms with Gasteiger partial charge < -0.3 is 25.4 Å². The maximum atomic E-state index is 13.3. The molecular weight excluding hydrogens is 412 g/mol. The highest BCUT2D eigenvalue weighted by Crippen LogP contribution is 2.23. The van der Waals surface area contributed by atoms with Crippen LogP contribution in [0.25, 0.3) is 0 Å². The molecule has 0 radical (unpaired) electrons. The van der Waals surface area contributed by atoms with E-state index in [9.17, 15) is 9.90 Å². The summed E-state index contributed by atoms with van der Waals surface area (Å²) in [5.41, 5.74) is 0.763. The molecule has 0 aliphatic carbocycles. The Balaban J connectivity index is 1.72. The van der Waals surface area contributed by atoms with Gasteiger partial charge in [0, 0.05) is 26.2 Å². The minimum absolute atomic E-state index is 0.0862. The molecule has 2 atom stereocenters. The summed E-state index contributed by atoms with van der Waals surface area (Å²) in [6, 6.07) is 11.7. The average molecular weight is 445 g/mol. The van der Waals surface area contributed by atoms with Crippen LogP contribution in [-0.4, -0.2) is 67.8 Å². The highest BCUT2D eigenvalue weighted by atomic mass is 32.1. The van der Waals surface area contributed by atoms with Crippen LogP contribution in [0.15, 0.2) is 52.2 Å². The number of amides is 1. The predicted molar refractivity (Wildman–Crippen MR) is 124 cm³/mol. The highest BCUT2D eigenvalue weighted by Gasteiger charge is 2.28. The Morgan fingerprint density at radius 1 is 1.26 bits per heavy atom. The molecule has 1 aromatic heterocycles. The molecule has 1 amide bonds. The van der Waals surface area contributed by atoms with Gasteiger partial charge in [-0.2, -0.15) is 11.3 Å². The number of rotatable bonds is 8. The lowest BCUT2D eigenvalue weighted by atomic mass is 9.97. The first-order valence-electron chi connectivity index (χ1n) is 10.7. The van der Waals surface area contributed by atoms with Crippen molar-refractivity contribution in [2.75, 3.05) is 45.9 Å². The molecule has 8 heteroatoms. The Bertz CT molecular complexity index is 834. The third kappa shape index (κ3) is 6.53. The van der Waals surface area contributed by atoms with Crippen molar-refractivity contribution in [1.29, 1.82) is 0 Å². The molecule has 0 spiro atoms. The lowest BCUT2D eigenvalue weighted by Gasteiger charge is -2.31. The lowest BCUT2D eigenvalue weighted by molar-refractivity contribution is -0.136. The molecule has 7 nitrogen and oxygen atoms in total. The zero-order valence-electron chi connectivity index (χ0n) is 18.2. The Morgan fingerprint density at radius 3 is 2.65 bits per heavy atom. The van der Waals surface area contributed by atoms with Crippen LogP contribution in [0.1, 0.15) is 30.9 Å². The van der Waals surface area contributed by atoms with E-state index < -0.39 is 5.60 Å². The maximum Gasteiger partial charge on any atom is 0.232 e. The molecule has 31 heavy (non-hydrogen) atoms. The van der Waals surface area contributed by atoms with Gasteiger partial charge in [-0.1, -0.05) is 30.3 Å². The van der Waals surface area contributed by atoms with Gasteiger partial charge in [0.2, 0.25) is 5.91 Å².